The van der Waals surface area contributed by atoms with E-state index in [4.69, 9.17) is 18.9 Å². The first kappa shape index (κ1) is 27.1. The molecule has 0 saturated heterocycles. The number of carbonyl (C=O) groups excluding carboxylic acids is 4. The van der Waals surface area contributed by atoms with Crippen LogP contribution in [-0.4, -0.2) is 44.0 Å². The van der Waals surface area contributed by atoms with Crippen LogP contribution < -0.4 is 9.47 Å². The van der Waals surface area contributed by atoms with E-state index in [9.17, 15) is 19.2 Å². The molecule has 2 rings (SSSR count). The molecule has 186 valence electrons. The third-order valence-corrected chi connectivity index (χ3v) is 5.63. The lowest BCUT2D eigenvalue weighted by Crippen LogP contribution is -2.26. The number of esters is 3. The van der Waals surface area contributed by atoms with Crippen molar-refractivity contribution in [2.75, 3.05) is 19.8 Å². The molecule has 0 heterocycles. The first-order valence-corrected chi connectivity index (χ1v) is 11.9. The average molecular weight is 475 g/mol. The molecule has 0 atom stereocenters. The number of hydrogen-bond acceptors (Lipinski definition) is 8. The van der Waals surface area contributed by atoms with Gasteiger partial charge in [-0.05, 0) is 75.6 Å². The minimum atomic E-state index is -0.556. The monoisotopic (exact) mass is 474 g/mol. The Bertz CT molecular complexity index is 794. The van der Waals surface area contributed by atoms with E-state index in [1.807, 2.05) is 0 Å². The molecule has 1 aliphatic carbocycles. The summed E-state index contributed by atoms with van der Waals surface area (Å²) in [6, 6.07) is 6.99. The van der Waals surface area contributed by atoms with Crippen LogP contribution in [-0.2, 0) is 28.7 Å². The van der Waals surface area contributed by atoms with Crippen LogP contribution in [0.25, 0.3) is 0 Å². The first-order chi connectivity index (χ1) is 16.5. The van der Waals surface area contributed by atoms with Gasteiger partial charge in [-0.2, -0.15) is 0 Å². The number of unbranched alkanes of at least 4 members (excludes halogenated alkanes) is 3. The molecule has 0 aromatic heterocycles. The number of hydrogen-bond donors (Lipinski definition) is 0. The highest BCUT2D eigenvalue weighted by Gasteiger charge is 2.27. The average Bonchev–Trinajstić information content (AvgIpc) is 2.86. The maximum absolute atomic E-state index is 12.3. The number of ether oxygens (including phenoxy) is 4. The Balaban J connectivity index is 1.50. The van der Waals surface area contributed by atoms with Gasteiger partial charge in [-0.3, -0.25) is 9.59 Å². The molecule has 8 nitrogen and oxygen atoms in total. The lowest BCUT2D eigenvalue weighted by atomic mass is 9.83. The first-order valence-electron chi connectivity index (χ1n) is 11.9. The van der Waals surface area contributed by atoms with E-state index in [1.165, 1.54) is 0 Å². The predicted octanol–water partition coefficient (Wildman–Crippen LogP) is 4.20. The number of aldehydes is 1. The summed E-state index contributed by atoms with van der Waals surface area (Å²) >= 11 is 0. The van der Waals surface area contributed by atoms with Gasteiger partial charge in [0.1, 0.15) is 24.4 Å². The van der Waals surface area contributed by atoms with Crippen LogP contribution in [0.1, 0.15) is 57.8 Å². The maximum Gasteiger partial charge on any atom is 0.330 e. The minimum Gasteiger partial charge on any atom is -0.494 e. The smallest absolute Gasteiger partial charge is 0.330 e. The van der Waals surface area contributed by atoms with Crippen molar-refractivity contribution >= 4 is 24.2 Å². The zero-order chi connectivity index (χ0) is 24.6. The molecule has 1 saturated carbocycles. The zero-order valence-electron chi connectivity index (χ0n) is 19.6. The fourth-order valence-corrected chi connectivity index (χ4v) is 3.59. The largest absolute Gasteiger partial charge is 0.494 e. The molecule has 1 fully saturated rings. The third kappa shape index (κ3) is 10.6. The fourth-order valence-electron chi connectivity index (χ4n) is 3.59. The van der Waals surface area contributed by atoms with E-state index in [0.29, 0.717) is 37.6 Å². The van der Waals surface area contributed by atoms with Gasteiger partial charge in [0.15, 0.2) is 0 Å². The van der Waals surface area contributed by atoms with Gasteiger partial charge in [-0.1, -0.05) is 6.58 Å². The van der Waals surface area contributed by atoms with E-state index in [1.54, 1.807) is 24.3 Å². The molecular formula is C26H34O8. The van der Waals surface area contributed by atoms with Gasteiger partial charge >= 0.3 is 17.9 Å². The summed E-state index contributed by atoms with van der Waals surface area (Å²) in [6.07, 6.45) is 8.42. The lowest BCUT2D eigenvalue weighted by Gasteiger charge is -2.23. The molecular weight excluding hydrogens is 440 g/mol. The Kier molecular flexibility index (Phi) is 12.5. The van der Waals surface area contributed by atoms with Crippen molar-refractivity contribution in [3.63, 3.8) is 0 Å². The number of carbonyl (C=O) groups is 4. The van der Waals surface area contributed by atoms with Crippen molar-refractivity contribution in [2.45, 2.75) is 57.8 Å². The Morgan fingerprint density at radius 2 is 1.50 bits per heavy atom. The van der Waals surface area contributed by atoms with Crippen LogP contribution >= 0.6 is 0 Å². The van der Waals surface area contributed by atoms with E-state index in [0.717, 1.165) is 50.9 Å². The Morgan fingerprint density at radius 1 is 0.853 bits per heavy atom. The van der Waals surface area contributed by atoms with Crippen molar-refractivity contribution in [1.29, 1.82) is 0 Å². The molecule has 34 heavy (non-hydrogen) atoms. The molecule has 0 spiro atoms. The predicted molar refractivity (Wildman–Crippen MR) is 124 cm³/mol. The van der Waals surface area contributed by atoms with Gasteiger partial charge < -0.3 is 23.7 Å². The molecule has 0 N–H and O–H groups in total. The second kappa shape index (κ2) is 15.6. The highest BCUT2D eigenvalue weighted by Crippen LogP contribution is 2.29. The number of benzene rings is 1. The maximum atomic E-state index is 12.3. The lowest BCUT2D eigenvalue weighted by molar-refractivity contribution is -0.147. The minimum absolute atomic E-state index is 0.00614. The summed E-state index contributed by atoms with van der Waals surface area (Å²) in [5.41, 5.74) is 0. The van der Waals surface area contributed by atoms with E-state index >= 15 is 0 Å². The van der Waals surface area contributed by atoms with Gasteiger partial charge in [0.2, 0.25) is 0 Å². The topological polar surface area (TPSA) is 105 Å². The van der Waals surface area contributed by atoms with Gasteiger partial charge in [-0.15, -0.1) is 0 Å². The molecule has 1 aromatic carbocycles. The molecule has 1 aliphatic rings. The zero-order valence-corrected chi connectivity index (χ0v) is 19.6. The summed E-state index contributed by atoms with van der Waals surface area (Å²) in [5, 5.41) is 0. The normalized spacial score (nSPS) is 17.3. The van der Waals surface area contributed by atoms with E-state index < -0.39 is 5.97 Å². The van der Waals surface area contributed by atoms with Crippen LogP contribution in [0.3, 0.4) is 0 Å². The fraction of sp³-hybridized carbons (Fsp3) is 0.538. The third-order valence-electron chi connectivity index (χ3n) is 5.63. The summed E-state index contributed by atoms with van der Waals surface area (Å²) in [7, 11) is 0. The molecule has 0 bridgehead atoms. The Labute approximate surface area is 200 Å². The summed E-state index contributed by atoms with van der Waals surface area (Å²) < 4.78 is 21.0. The van der Waals surface area contributed by atoms with Crippen molar-refractivity contribution in [3.8, 4) is 11.5 Å². The van der Waals surface area contributed by atoms with Crippen molar-refractivity contribution in [2.24, 2.45) is 11.8 Å². The molecule has 8 heteroatoms. The van der Waals surface area contributed by atoms with E-state index in [-0.39, 0.29) is 36.8 Å². The highest BCUT2D eigenvalue weighted by atomic mass is 16.5. The van der Waals surface area contributed by atoms with E-state index in [2.05, 4.69) is 6.58 Å². The van der Waals surface area contributed by atoms with Gasteiger partial charge in [0.05, 0.1) is 25.6 Å². The summed E-state index contributed by atoms with van der Waals surface area (Å²) in [6.45, 7) is 4.17. The molecule has 0 unspecified atom stereocenters. The SMILES string of the molecule is C=CC(=O)OCCC(=O)OCCCCCCOc1ccc(OC(=O)[C@H]2CC[C@H](C=O)CC2)cc1. The Hall–Kier alpha value is -3.16. The summed E-state index contributed by atoms with van der Waals surface area (Å²) in [4.78, 5) is 45.5. The van der Waals surface area contributed by atoms with Crippen LogP contribution in [0.2, 0.25) is 0 Å². The molecule has 1 aromatic rings. The second-order valence-electron chi connectivity index (χ2n) is 8.25. The second-order valence-corrected chi connectivity index (χ2v) is 8.25. The van der Waals surface area contributed by atoms with Crippen LogP contribution in [0.5, 0.6) is 11.5 Å². The van der Waals surface area contributed by atoms with Crippen LogP contribution in [0.4, 0.5) is 0 Å². The number of rotatable bonds is 15. The summed E-state index contributed by atoms with van der Waals surface area (Å²) in [5.74, 6) is -0.0534. The highest BCUT2D eigenvalue weighted by molar-refractivity contribution is 5.81. The van der Waals surface area contributed by atoms with Crippen LogP contribution in [0.15, 0.2) is 36.9 Å². The van der Waals surface area contributed by atoms with Crippen molar-refractivity contribution in [3.05, 3.63) is 36.9 Å². The van der Waals surface area contributed by atoms with Crippen molar-refractivity contribution < 1.29 is 38.1 Å². The standard InChI is InChI=1S/C26H34O8/c1-2-24(28)33-18-15-25(29)32-17-6-4-3-5-16-31-22-11-13-23(14-12-22)34-26(30)21-9-7-20(19-27)8-10-21/h2,11-14,19-21H,1,3-10,15-18H2/t20-,21-. The van der Waals surface area contributed by atoms with Crippen molar-refractivity contribution in [1.82, 2.24) is 0 Å². The molecule has 0 aliphatic heterocycles. The van der Waals surface area contributed by atoms with Gasteiger partial charge in [0.25, 0.3) is 0 Å². The van der Waals surface area contributed by atoms with Gasteiger partial charge in [0, 0.05) is 12.0 Å². The molecule has 0 amide bonds. The Morgan fingerprint density at radius 3 is 2.15 bits per heavy atom. The quantitative estimate of drug-likeness (QED) is 0.122. The van der Waals surface area contributed by atoms with Gasteiger partial charge in [-0.25, -0.2) is 4.79 Å². The van der Waals surface area contributed by atoms with Crippen LogP contribution in [0, 0.1) is 11.8 Å². The molecule has 0 radical (unpaired) electrons.